The summed E-state index contributed by atoms with van der Waals surface area (Å²) in [5.74, 6) is 0. The van der Waals surface area contributed by atoms with E-state index in [1.807, 2.05) is 36.4 Å². The minimum Gasteiger partial charge on any atom is -0.214 e. The van der Waals surface area contributed by atoms with Crippen LogP contribution in [0, 0.1) is 6.07 Å². The third-order valence-electron chi connectivity index (χ3n) is 4.63. The van der Waals surface area contributed by atoms with Crippen LogP contribution in [0.15, 0.2) is 72.8 Å². The van der Waals surface area contributed by atoms with Crippen LogP contribution in [0.5, 0.6) is 0 Å². The normalized spacial score (nSPS) is 14.4. The molecule has 124 valence electrons. The summed E-state index contributed by atoms with van der Waals surface area (Å²) in [6.07, 6.45) is 8.36. The molecule has 0 unspecified atom stereocenters. The Morgan fingerprint density at radius 3 is 2.16 bits per heavy atom. The molecule has 0 saturated heterocycles. The van der Waals surface area contributed by atoms with Gasteiger partial charge in [-0.2, -0.15) is 48.0 Å². The van der Waals surface area contributed by atoms with Gasteiger partial charge >= 0.3 is 59.5 Å². The summed E-state index contributed by atoms with van der Waals surface area (Å²) < 4.78 is 1.80. The fourth-order valence-electron chi connectivity index (χ4n) is 3.30. The smallest absolute Gasteiger partial charge is 0.0253 e. The molecular weight excluding hydrogens is 379 g/mol. The van der Waals surface area contributed by atoms with Crippen LogP contribution in [0.3, 0.4) is 0 Å². The maximum Gasteiger partial charge on any atom is -0.0253 e. The van der Waals surface area contributed by atoms with E-state index in [2.05, 4.69) is 42.5 Å². The number of benzene rings is 2. The molecule has 0 aromatic heterocycles. The molecule has 0 bridgehead atoms. The maximum atomic E-state index is 3.30. The van der Waals surface area contributed by atoms with Gasteiger partial charge in [-0.15, -0.1) is 5.56 Å². The minimum absolute atomic E-state index is 1.05. The average Bonchev–Trinajstić information content (AvgIpc) is 3.34. The second kappa shape index (κ2) is 9.88. The molecule has 0 nitrogen and oxygen atoms in total. The molecule has 0 atom stereocenters. The van der Waals surface area contributed by atoms with Crippen molar-refractivity contribution in [3.63, 3.8) is 0 Å². The molecule has 5 rings (SSSR count). The van der Waals surface area contributed by atoms with Crippen LogP contribution in [0.2, 0.25) is 0 Å². The van der Waals surface area contributed by atoms with E-state index in [1.54, 1.807) is 27.4 Å². The molecule has 2 aliphatic carbocycles. The first-order valence-corrected chi connectivity index (χ1v) is 10.4. The van der Waals surface area contributed by atoms with Crippen molar-refractivity contribution in [2.24, 2.45) is 0 Å². The van der Waals surface area contributed by atoms with Gasteiger partial charge in [0.15, 0.2) is 0 Å². The molecule has 25 heavy (non-hydrogen) atoms. The van der Waals surface area contributed by atoms with Crippen LogP contribution in [0.25, 0.3) is 11.1 Å². The molecule has 0 N–H and O–H groups in total. The molecular formula is C24H24Zr. The van der Waals surface area contributed by atoms with Crippen LogP contribution >= 0.6 is 0 Å². The SMILES string of the molecule is [Zr+2]=[C]1CCCCC1.[c-]1cccc2c1Cc1ccccc1-2.c1cc[cH-]c1. The van der Waals surface area contributed by atoms with Crippen molar-refractivity contribution in [1.29, 1.82) is 0 Å². The first-order chi connectivity index (χ1) is 12.3. The van der Waals surface area contributed by atoms with Crippen LogP contribution in [0.1, 0.15) is 43.2 Å². The third kappa shape index (κ3) is 5.51. The number of rotatable bonds is 0. The summed E-state index contributed by atoms with van der Waals surface area (Å²) in [4.78, 5) is 0. The van der Waals surface area contributed by atoms with Gasteiger partial charge in [0.25, 0.3) is 0 Å². The standard InChI is InChI=1S/C13H9.C6H10.C5H5.Zr/c1-3-7-12-10(5-1)9-11-6-2-4-8-13(11)12;1-2-4-6-5-3-1;1-2-4-5-3-1;/h1-5,7-8H,9H2;1-5H2;1-5H;/q-1;;-1;+2. The van der Waals surface area contributed by atoms with Crippen molar-refractivity contribution in [1.82, 2.24) is 0 Å². The van der Waals surface area contributed by atoms with Crippen molar-refractivity contribution in [3.8, 4) is 11.1 Å². The van der Waals surface area contributed by atoms with Crippen LogP contribution in [-0.4, -0.2) is 3.21 Å². The minimum atomic E-state index is 1.05. The van der Waals surface area contributed by atoms with Crippen molar-refractivity contribution in [2.75, 3.05) is 0 Å². The van der Waals surface area contributed by atoms with Crippen LogP contribution < -0.4 is 0 Å². The Balaban J connectivity index is 0.000000127. The summed E-state index contributed by atoms with van der Waals surface area (Å²) in [6.45, 7) is 0. The maximum absolute atomic E-state index is 3.30. The number of fused-ring (bicyclic) bond motifs is 3. The number of hydrogen-bond acceptors (Lipinski definition) is 0. The Hall–Kier alpha value is -1.46. The van der Waals surface area contributed by atoms with Crippen molar-refractivity contribution < 1.29 is 24.2 Å². The fourth-order valence-corrected chi connectivity index (χ4v) is 4.17. The topological polar surface area (TPSA) is 0 Å². The zero-order valence-electron chi connectivity index (χ0n) is 14.7. The Labute approximate surface area is 166 Å². The first-order valence-electron chi connectivity index (χ1n) is 9.15. The predicted molar refractivity (Wildman–Crippen MR) is 104 cm³/mol. The van der Waals surface area contributed by atoms with E-state index >= 15 is 0 Å². The van der Waals surface area contributed by atoms with Crippen LogP contribution in [-0.2, 0) is 30.7 Å². The van der Waals surface area contributed by atoms with Crippen molar-refractivity contribution >= 4 is 3.21 Å². The van der Waals surface area contributed by atoms with E-state index in [1.165, 1.54) is 54.4 Å². The quantitative estimate of drug-likeness (QED) is 0.310. The molecule has 0 spiro atoms. The van der Waals surface area contributed by atoms with Gasteiger partial charge in [0.2, 0.25) is 0 Å². The van der Waals surface area contributed by atoms with Crippen molar-refractivity contribution in [2.45, 2.75) is 38.5 Å². The fraction of sp³-hybridized carbons (Fsp3) is 0.250. The first kappa shape index (κ1) is 18.3. The van der Waals surface area contributed by atoms with Crippen molar-refractivity contribution in [3.05, 3.63) is 90.0 Å². The van der Waals surface area contributed by atoms with E-state index in [9.17, 15) is 0 Å². The van der Waals surface area contributed by atoms with E-state index in [0.29, 0.717) is 0 Å². The van der Waals surface area contributed by atoms with Gasteiger partial charge in [0.1, 0.15) is 0 Å². The largest absolute Gasteiger partial charge is 0.214 e. The third-order valence-corrected chi connectivity index (χ3v) is 5.86. The molecule has 1 saturated carbocycles. The second-order valence-electron chi connectivity index (χ2n) is 6.52. The van der Waals surface area contributed by atoms with E-state index in [0.717, 1.165) is 6.42 Å². The van der Waals surface area contributed by atoms with Gasteiger partial charge in [-0.05, 0) is 6.42 Å². The average molecular weight is 404 g/mol. The van der Waals surface area contributed by atoms with E-state index in [-0.39, 0.29) is 0 Å². The molecule has 3 aromatic carbocycles. The molecule has 1 heteroatoms. The zero-order chi connectivity index (χ0) is 17.3. The van der Waals surface area contributed by atoms with Gasteiger partial charge in [-0.1, -0.05) is 35.4 Å². The Kier molecular flexibility index (Phi) is 7.25. The zero-order valence-corrected chi connectivity index (χ0v) is 17.1. The number of hydrogen-bond donors (Lipinski definition) is 0. The summed E-state index contributed by atoms with van der Waals surface area (Å²) in [7, 11) is 0. The van der Waals surface area contributed by atoms with Gasteiger partial charge in [0, 0.05) is 0 Å². The van der Waals surface area contributed by atoms with E-state index < -0.39 is 0 Å². The Bertz CT molecular complexity index is 715. The summed E-state index contributed by atoms with van der Waals surface area (Å²) >= 11 is 1.69. The van der Waals surface area contributed by atoms with Gasteiger partial charge < -0.3 is 0 Å². The van der Waals surface area contributed by atoms with Gasteiger partial charge in [-0.25, -0.2) is 12.1 Å². The monoisotopic (exact) mass is 402 g/mol. The second-order valence-corrected chi connectivity index (χ2v) is 8.26. The molecule has 1 fully saturated rings. The molecule has 2 aliphatic rings. The molecule has 0 heterocycles. The van der Waals surface area contributed by atoms with Crippen LogP contribution in [0.4, 0.5) is 0 Å². The summed E-state index contributed by atoms with van der Waals surface area (Å²) in [5, 5.41) is 0. The molecule has 3 aromatic rings. The van der Waals surface area contributed by atoms with Gasteiger partial charge in [0.05, 0.1) is 0 Å². The Morgan fingerprint density at radius 1 is 0.800 bits per heavy atom. The molecule has 0 aliphatic heterocycles. The summed E-state index contributed by atoms with van der Waals surface area (Å²) in [6, 6.07) is 28.1. The predicted octanol–water partition coefficient (Wildman–Crippen LogP) is 6.13. The molecule has 0 radical (unpaired) electrons. The van der Waals surface area contributed by atoms with Gasteiger partial charge in [-0.3, -0.25) is 0 Å². The summed E-state index contributed by atoms with van der Waals surface area (Å²) in [5.41, 5.74) is 5.51. The van der Waals surface area contributed by atoms with E-state index in [4.69, 9.17) is 0 Å². The Morgan fingerprint density at radius 2 is 1.52 bits per heavy atom. The molecule has 0 amide bonds.